The van der Waals surface area contributed by atoms with E-state index in [1.54, 1.807) is 4.90 Å². The van der Waals surface area contributed by atoms with Gasteiger partial charge in [0.05, 0.1) is 6.54 Å². The zero-order valence-corrected chi connectivity index (χ0v) is 15.4. The van der Waals surface area contributed by atoms with Crippen molar-refractivity contribution < 1.29 is 9.53 Å². The van der Waals surface area contributed by atoms with Crippen LogP contribution in [0.15, 0.2) is 0 Å². The van der Waals surface area contributed by atoms with Gasteiger partial charge in [0.1, 0.15) is 5.60 Å². The second-order valence-corrected chi connectivity index (χ2v) is 7.48. The Balaban J connectivity index is 2.34. The Bertz CT molecular complexity index is 401. The van der Waals surface area contributed by atoms with Crippen molar-refractivity contribution in [3.63, 3.8) is 0 Å². The molecule has 23 heavy (non-hydrogen) atoms. The molecule has 0 aromatic rings. The molecule has 5 nitrogen and oxygen atoms in total. The first-order valence-electron chi connectivity index (χ1n) is 8.61. The van der Waals surface area contributed by atoms with E-state index in [4.69, 9.17) is 11.2 Å². The van der Waals surface area contributed by atoms with Crippen LogP contribution in [0.5, 0.6) is 0 Å². The lowest BCUT2D eigenvalue weighted by molar-refractivity contribution is 0.0191. The van der Waals surface area contributed by atoms with Gasteiger partial charge in [-0.3, -0.25) is 4.90 Å². The van der Waals surface area contributed by atoms with Crippen molar-refractivity contribution in [2.45, 2.75) is 65.1 Å². The molecular weight excluding hydrogens is 290 g/mol. The normalized spacial score (nSPS) is 17.1. The highest BCUT2D eigenvalue weighted by Crippen LogP contribution is 2.12. The number of terminal acetylenes is 1. The standard InChI is InChI=1S/C18H33N3O2/c1-7-11-20-12-8-16(9-13-20)19-10-14-21(15(2)3)17(22)23-18(4,5)6/h1,15-16,19H,8-14H2,2-6H3. The van der Waals surface area contributed by atoms with Gasteiger partial charge in [-0.2, -0.15) is 0 Å². The number of carbonyl (C=O) groups is 1. The molecule has 0 bridgehead atoms. The summed E-state index contributed by atoms with van der Waals surface area (Å²) >= 11 is 0. The first-order chi connectivity index (χ1) is 10.7. The molecular formula is C18H33N3O2. The molecule has 0 saturated carbocycles. The van der Waals surface area contributed by atoms with E-state index in [0.29, 0.717) is 12.6 Å². The lowest BCUT2D eigenvalue weighted by Gasteiger charge is -2.33. The Labute approximate surface area is 141 Å². The summed E-state index contributed by atoms with van der Waals surface area (Å²) in [5.41, 5.74) is -0.457. The average molecular weight is 323 g/mol. The fourth-order valence-electron chi connectivity index (χ4n) is 2.69. The minimum Gasteiger partial charge on any atom is -0.444 e. The van der Waals surface area contributed by atoms with Gasteiger partial charge in [-0.1, -0.05) is 5.92 Å². The van der Waals surface area contributed by atoms with Crippen LogP contribution in [0, 0.1) is 12.3 Å². The van der Waals surface area contributed by atoms with E-state index in [9.17, 15) is 4.79 Å². The van der Waals surface area contributed by atoms with Crippen molar-refractivity contribution in [2.24, 2.45) is 0 Å². The number of rotatable bonds is 6. The minimum atomic E-state index is -0.457. The molecule has 1 aliphatic heterocycles. The fraction of sp³-hybridized carbons (Fsp3) is 0.833. The van der Waals surface area contributed by atoms with Crippen molar-refractivity contribution >= 4 is 6.09 Å². The first-order valence-corrected chi connectivity index (χ1v) is 8.61. The Morgan fingerprint density at radius 3 is 2.48 bits per heavy atom. The van der Waals surface area contributed by atoms with Crippen LogP contribution in [0.25, 0.3) is 0 Å². The maximum Gasteiger partial charge on any atom is 0.410 e. The molecule has 132 valence electrons. The van der Waals surface area contributed by atoms with Gasteiger partial charge < -0.3 is 15.0 Å². The Morgan fingerprint density at radius 1 is 1.39 bits per heavy atom. The van der Waals surface area contributed by atoms with Crippen LogP contribution < -0.4 is 5.32 Å². The third kappa shape index (κ3) is 7.71. The fourth-order valence-corrected chi connectivity index (χ4v) is 2.69. The predicted molar refractivity (Wildman–Crippen MR) is 94.4 cm³/mol. The van der Waals surface area contributed by atoms with E-state index in [1.807, 2.05) is 34.6 Å². The van der Waals surface area contributed by atoms with Gasteiger partial charge in [0.15, 0.2) is 0 Å². The summed E-state index contributed by atoms with van der Waals surface area (Å²) in [7, 11) is 0. The van der Waals surface area contributed by atoms with E-state index >= 15 is 0 Å². The van der Waals surface area contributed by atoms with Crippen LogP contribution in [-0.4, -0.2) is 66.3 Å². The predicted octanol–water partition coefficient (Wildman–Crippen LogP) is 2.32. The van der Waals surface area contributed by atoms with Gasteiger partial charge in [-0.15, -0.1) is 6.42 Å². The Morgan fingerprint density at radius 2 is 2.00 bits per heavy atom. The molecule has 1 amide bonds. The third-order valence-electron chi connectivity index (χ3n) is 3.94. The topological polar surface area (TPSA) is 44.8 Å². The number of amides is 1. The number of nitrogens with one attached hydrogen (secondary N) is 1. The molecule has 5 heteroatoms. The van der Waals surface area contributed by atoms with Gasteiger partial charge in [0.25, 0.3) is 0 Å². The number of carbonyl (C=O) groups excluding carboxylic acids is 1. The van der Waals surface area contributed by atoms with Crippen LogP contribution in [0.4, 0.5) is 4.79 Å². The minimum absolute atomic E-state index is 0.129. The lowest BCUT2D eigenvalue weighted by atomic mass is 10.1. The largest absolute Gasteiger partial charge is 0.444 e. The molecule has 1 N–H and O–H groups in total. The zero-order valence-electron chi connectivity index (χ0n) is 15.4. The molecule has 0 aromatic heterocycles. The second-order valence-electron chi connectivity index (χ2n) is 7.48. The van der Waals surface area contributed by atoms with Crippen LogP contribution in [-0.2, 0) is 4.74 Å². The first kappa shape index (κ1) is 19.8. The van der Waals surface area contributed by atoms with Crippen molar-refractivity contribution in [3.8, 4) is 12.3 Å². The number of hydrogen-bond acceptors (Lipinski definition) is 4. The van der Waals surface area contributed by atoms with Crippen LogP contribution in [0.3, 0.4) is 0 Å². The SMILES string of the molecule is C#CCN1CCC(NCCN(C(=O)OC(C)(C)C)C(C)C)CC1. The molecule has 0 aliphatic carbocycles. The molecule has 1 aliphatic rings. The highest BCUT2D eigenvalue weighted by molar-refractivity contribution is 5.68. The van der Waals surface area contributed by atoms with E-state index < -0.39 is 5.60 Å². The Kier molecular flexibility index (Phi) is 7.87. The van der Waals surface area contributed by atoms with Gasteiger partial charge >= 0.3 is 6.09 Å². The van der Waals surface area contributed by atoms with Gasteiger partial charge in [0, 0.05) is 38.3 Å². The number of hydrogen-bond donors (Lipinski definition) is 1. The molecule has 0 radical (unpaired) electrons. The monoisotopic (exact) mass is 323 g/mol. The highest BCUT2D eigenvalue weighted by Gasteiger charge is 2.24. The molecule has 0 spiro atoms. The maximum absolute atomic E-state index is 12.2. The molecule has 1 rings (SSSR count). The highest BCUT2D eigenvalue weighted by atomic mass is 16.6. The number of ether oxygens (including phenoxy) is 1. The zero-order chi connectivity index (χ0) is 17.5. The Hall–Kier alpha value is -1.25. The summed E-state index contributed by atoms with van der Waals surface area (Å²) in [6.07, 6.45) is 7.33. The smallest absolute Gasteiger partial charge is 0.410 e. The summed E-state index contributed by atoms with van der Waals surface area (Å²) in [4.78, 5) is 16.3. The van der Waals surface area contributed by atoms with Crippen LogP contribution in [0.1, 0.15) is 47.5 Å². The summed E-state index contributed by atoms with van der Waals surface area (Å²) in [6.45, 7) is 14.0. The molecule has 1 saturated heterocycles. The summed E-state index contributed by atoms with van der Waals surface area (Å²) in [5, 5.41) is 3.56. The van der Waals surface area contributed by atoms with Crippen molar-refractivity contribution in [1.29, 1.82) is 0 Å². The number of piperidine rings is 1. The molecule has 0 unspecified atom stereocenters. The number of nitrogens with zero attached hydrogens (tertiary/aromatic N) is 2. The summed E-state index contributed by atoms with van der Waals surface area (Å²) in [6, 6.07) is 0.640. The lowest BCUT2D eigenvalue weighted by Crippen LogP contribution is -2.47. The van der Waals surface area contributed by atoms with Crippen molar-refractivity contribution in [2.75, 3.05) is 32.7 Å². The molecule has 0 atom stereocenters. The molecule has 0 aromatic carbocycles. The molecule has 1 heterocycles. The van der Waals surface area contributed by atoms with E-state index in [2.05, 4.69) is 16.1 Å². The summed E-state index contributed by atoms with van der Waals surface area (Å²) in [5.74, 6) is 2.70. The van der Waals surface area contributed by atoms with Crippen molar-refractivity contribution in [1.82, 2.24) is 15.1 Å². The third-order valence-corrected chi connectivity index (χ3v) is 3.94. The van der Waals surface area contributed by atoms with Gasteiger partial charge in [0.2, 0.25) is 0 Å². The second kappa shape index (κ2) is 9.14. The van der Waals surface area contributed by atoms with Crippen molar-refractivity contribution in [3.05, 3.63) is 0 Å². The van der Waals surface area contributed by atoms with E-state index in [1.165, 1.54) is 0 Å². The summed E-state index contributed by atoms with van der Waals surface area (Å²) < 4.78 is 5.48. The van der Waals surface area contributed by atoms with Crippen LogP contribution in [0.2, 0.25) is 0 Å². The maximum atomic E-state index is 12.2. The van der Waals surface area contributed by atoms with E-state index in [-0.39, 0.29) is 12.1 Å². The average Bonchev–Trinajstić information content (AvgIpc) is 2.43. The van der Waals surface area contributed by atoms with E-state index in [0.717, 1.165) is 39.0 Å². The quantitative estimate of drug-likeness (QED) is 0.762. The van der Waals surface area contributed by atoms with Crippen LogP contribution >= 0.6 is 0 Å². The number of likely N-dealkylation sites (tertiary alicyclic amines) is 1. The van der Waals surface area contributed by atoms with Gasteiger partial charge in [-0.25, -0.2) is 4.79 Å². The molecule has 1 fully saturated rings. The van der Waals surface area contributed by atoms with Gasteiger partial charge in [-0.05, 0) is 47.5 Å².